The quantitative estimate of drug-likeness (QED) is 0.159. The van der Waals surface area contributed by atoms with Gasteiger partial charge in [-0.15, -0.1) is 20.2 Å². The molecule has 0 fully saturated rings. The molecule has 0 saturated heterocycles. The summed E-state index contributed by atoms with van der Waals surface area (Å²) in [6, 6.07) is 0. The Morgan fingerprint density at radius 2 is 0.968 bits per heavy atom. The van der Waals surface area contributed by atoms with Crippen LogP contribution in [0.2, 0.25) is 52.4 Å². The maximum atomic E-state index is 9.39. The van der Waals surface area contributed by atoms with Crippen molar-refractivity contribution in [3.05, 3.63) is 20.2 Å². The van der Waals surface area contributed by atoms with Gasteiger partial charge in [0.2, 0.25) is 0 Å². The van der Waals surface area contributed by atoms with Crippen molar-refractivity contribution in [1.29, 1.82) is 0 Å². The SMILES string of the molecule is CO.CP[SiH]=O.C[Si](C)(C)O[Si](C)(C)O[Si](C)(C)C.O=[N+]([O-])O.O=[N+]([O-])O.[O]=[Ce]=[O].[Pd]. The summed E-state index contributed by atoms with van der Waals surface area (Å²) in [5, 5.41) is 34.3. The van der Waals surface area contributed by atoms with Crippen LogP contribution in [0.15, 0.2) is 0 Å². The van der Waals surface area contributed by atoms with E-state index in [4.69, 9.17) is 45.9 Å². The smallest absolute Gasteiger partial charge is 0 e. The van der Waals surface area contributed by atoms with Crippen LogP contribution in [0.25, 0.3) is 0 Å². The molecular weight excluding hydrogens is 730 g/mol. The van der Waals surface area contributed by atoms with Gasteiger partial charge in [0, 0.05) is 27.5 Å². The average molecular weight is 765 g/mol. The second-order valence-electron chi connectivity index (χ2n) is 6.79. The Labute approximate surface area is 225 Å². The first-order valence-corrected chi connectivity index (χ1v) is 23.8. The maximum absolute atomic E-state index is 9.39. The van der Waals surface area contributed by atoms with Crippen LogP contribution in [0.3, 0.4) is 0 Å². The summed E-state index contributed by atoms with van der Waals surface area (Å²) in [7, 11) is -3.49. The third-order valence-corrected chi connectivity index (χ3v) is 11.0. The predicted molar refractivity (Wildman–Crippen MR) is 115 cm³/mol. The zero-order chi connectivity index (χ0) is 26.2. The fraction of sp³-hybridized carbons (Fsp3) is 1.00. The second-order valence-corrected chi connectivity index (χ2v) is 23.5. The molecule has 3 N–H and O–H groups in total. The topological polar surface area (TPSA) is 217 Å². The van der Waals surface area contributed by atoms with Crippen LogP contribution < -0.4 is 0 Å². The van der Waals surface area contributed by atoms with Gasteiger partial charge in [0.05, 0.1) is 0 Å². The third-order valence-electron chi connectivity index (χ3n) is 1.22. The minimum Gasteiger partial charge on any atom is 0 e. The molecule has 31 heavy (non-hydrogen) atoms. The molecule has 0 radical (unpaired) electrons. The Kier molecular flexibility index (Phi) is 49.2. The fourth-order valence-electron chi connectivity index (χ4n) is 1.50. The van der Waals surface area contributed by atoms with Crippen molar-refractivity contribution in [2.45, 2.75) is 52.4 Å². The second kappa shape index (κ2) is 31.0. The molecule has 21 heteroatoms. The van der Waals surface area contributed by atoms with Gasteiger partial charge in [0.25, 0.3) is 19.2 Å². The fourth-order valence-corrected chi connectivity index (χ4v) is 13.8. The molecule has 1 atom stereocenters. The molecule has 0 bridgehead atoms. The molecule has 14 nitrogen and oxygen atoms in total. The Hall–Kier alpha value is 1.02. The summed E-state index contributed by atoms with van der Waals surface area (Å²) < 4.78 is 38.7. The largest absolute Gasteiger partial charge is 0 e. The molecule has 1 unspecified atom stereocenters. The van der Waals surface area contributed by atoms with E-state index in [1.54, 1.807) is 0 Å². The summed E-state index contributed by atoms with van der Waals surface area (Å²) in [6.07, 6.45) is 0. The predicted octanol–water partition coefficient (Wildman–Crippen LogP) is 2.06. The monoisotopic (exact) mass is 764 g/mol. The number of hydrogen-bond donors (Lipinski definition) is 3. The van der Waals surface area contributed by atoms with Crippen LogP contribution in [0.1, 0.15) is 0 Å². The Balaban J connectivity index is -0.0000000531. The van der Waals surface area contributed by atoms with E-state index in [1.165, 1.54) is 0 Å². The molecule has 0 aliphatic heterocycles. The summed E-state index contributed by atoms with van der Waals surface area (Å²) in [6.45, 7) is 19.6. The molecular formula is C10H35CeN2O12PPdSi4. The van der Waals surface area contributed by atoms with E-state index in [2.05, 4.69) is 52.4 Å². The van der Waals surface area contributed by atoms with Gasteiger partial charge in [-0.25, -0.2) is 0 Å². The van der Waals surface area contributed by atoms with Gasteiger partial charge < -0.3 is 28.2 Å². The van der Waals surface area contributed by atoms with Crippen molar-refractivity contribution in [1.82, 2.24) is 0 Å². The van der Waals surface area contributed by atoms with Gasteiger partial charge in [-0.05, 0) is 59.0 Å². The minimum absolute atomic E-state index is 0. The van der Waals surface area contributed by atoms with E-state index in [0.29, 0.717) is 8.13 Å². The molecule has 0 aromatic carbocycles. The normalized spacial score (nSPS) is 9.39. The molecule has 192 valence electrons. The molecule has 0 heterocycles. The van der Waals surface area contributed by atoms with Crippen molar-refractivity contribution < 1.29 is 98.5 Å². The summed E-state index contributed by atoms with van der Waals surface area (Å²) in [5.74, 6) is 0. The Bertz CT molecular complexity index is 439. The molecule has 0 aliphatic carbocycles. The van der Waals surface area contributed by atoms with Gasteiger partial charge in [-0.2, -0.15) is 0 Å². The zero-order valence-electron chi connectivity index (χ0n) is 19.3. The van der Waals surface area contributed by atoms with Crippen molar-refractivity contribution in [3.63, 3.8) is 0 Å². The van der Waals surface area contributed by atoms with E-state index in [9.17, 15) is 4.46 Å². The Morgan fingerprint density at radius 3 is 1.03 bits per heavy atom. The molecule has 0 aliphatic rings. The number of aliphatic hydroxyl groups excluding tert-OH is 1. The first-order chi connectivity index (χ1) is 13.2. The first-order valence-electron chi connectivity index (χ1n) is 7.83. The van der Waals surface area contributed by atoms with Crippen molar-refractivity contribution >= 4 is 42.4 Å². The van der Waals surface area contributed by atoms with Gasteiger partial charge in [0.15, 0.2) is 16.6 Å². The number of hydrogen-bond acceptors (Lipinski definition) is 10. The van der Waals surface area contributed by atoms with Crippen molar-refractivity contribution in [2.75, 3.05) is 13.8 Å². The van der Waals surface area contributed by atoms with Crippen LogP contribution >= 0.6 is 8.13 Å². The molecule has 0 rings (SSSR count). The van der Waals surface area contributed by atoms with Crippen LogP contribution in [0, 0.1) is 58.0 Å². The molecule has 0 spiro atoms. The van der Waals surface area contributed by atoms with E-state index in [1.807, 2.05) is 6.66 Å². The number of aliphatic hydroxyl groups is 1. The molecule has 0 saturated carbocycles. The van der Waals surface area contributed by atoms with Gasteiger partial charge >= 0.3 is 48.2 Å². The van der Waals surface area contributed by atoms with E-state index >= 15 is 0 Å². The van der Waals surface area contributed by atoms with E-state index in [-0.39, 0.29) is 20.4 Å². The minimum atomic E-state index is -2.42. The van der Waals surface area contributed by atoms with Crippen molar-refractivity contribution in [3.8, 4) is 0 Å². The van der Waals surface area contributed by atoms with Crippen LogP contribution in [-0.4, -0.2) is 73.7 Å². The third kappa shape index (κ3) is 133. The standard InChI is InChI=1S/C8H24O2Si3.CH5OPSi.CH4O.Ce.2HNO3.2O.Pd/c1-11(2,3)9-13(7,8)10-12(4,5)6;1-3-4-2;1-2;;2*2-1(3)4;;;/h1-8H3;3-4H,1H3;2H,1H3;;2*(H,2,3,4);;;. The number of nitrogens with zero attached hydrogens (tertiary/aromatic N) is 2. The summed E-state index contributed by atoms with van der Waals surface area (Å²) >= 11 is -2.42. The van der Waals surface area contributed by atoms with E-state index < -0.39 is 82.2 Å². The van der Waals surface area contributed by atoms with Gasteiger partial charge in [-0.1, -0.05) is 8.13 Å². The number of rotatable bonds is 5. The molecule has 0 aromatic rings. The van der Waals surface area contributed by atoms with Crippen molar-refractivity contribution in [2.24, 2.45) is 0 Å². The van der Waals surface area contributed by atoms with Crippen LogP contribution in [-0.2, 0) is 35.0 Å². The first kappa shape index (κ1) is 49.2. The zero-order valence-corrected chi connectivity index (χ0v) is 29.2. The maximum Gasteiger partial charge on any atom is 0 e. The van der Waals surface area contributed by atoms with Crippen LogP contribution in [0.5, 0.6) is 0 Å². The Morgan fingerprint density at radius 1 is 0.839 bits per heavy atom. The van der Waals surface area contributed by atoms with Gasteiger partial charge in [0.1, 0.15) is 0 Å². The molecule has 0 aromatic heterocycles. The van der Waals surface area contributed by atoms with E-state index in [0.717, 1.165) is 7.11 Å². The van der Waals surface area contributed by atoms with Gasteiger partial charge in [-0.3, -0.25) is 0 Å². The molecule has 0 amide bonds. The summed E-state index contributed by atoms with van der Waals surface area (Å²) in [5.41, 5.74) is 0. The average Bonchev–Trinajstić information content (AvgIpc) is 2.44. The van der Waals surface area contributed by atoms with Crippen LogP contribution in [0.4, 0.5) is 0 Å². The summed E-state index contributed by atoms with van der Waals surface area (Å²) in [4.78, 5) is 16.7.